The van der Waals surface area contributed by atoms with Gasteiger partial charge in [-0.05, 0) is 42.0 Å². The Kier molecular flexibility index (Phi) is 6.56. The molecule has 4 aromatic rings. The highest BCUT2D eigenvalue weighted by atomic mass is 16.5. The van der Waals surface area contributed by atoms with Crippen LogP contribution in [-0.4, -0.2) is 50.0 Å². The lowest BCUT2D eigenvalue weighted by Crippen LogP contribution is -2.16. The number of pyridine rings is 1. The third-order valence-electron chi connectivity index (χ3n) is 5.07. The molecule has 0 aliphatic heterocycles. The lowest BCUT2D eigenvalue weighted by atomic mass is 10.1. The first-order valence-electron chi connectivity index (χ1n) is 10.3. The van der Waals surface area contributed by atoms with Crippen molar-refractivity contribution < 1.29 is 9.84 Å². The number of benzene rings is 1. The summed E-state index contributed by atoms with van der Waals surface area (Å²) in [5.41, 5.74) is 2.99. The number of methoxy groups -OCH3 is 1. The van der Waals surface area contributed by atoms with Crippen LogP contribution >= 0.6 is 0 Å². The summed E-state index contributed by atoms with van der Waals surface area (Å²) in [4.78, 5) is 8.77. The van der Waals surface area contributed by atoms with Crippen molar-refractivity contribution in [1.29, 1.82) is 5.41 Å². The highest BCUT2D eigenvalue weighted by Gasteiger charge is 2.15. The van der Waals surface area contributed by atoms with Crippen LogP contribution in [0.2, 0.25) is 0 Å². The minimum absolute atomic E-state index is 0.320. The molecular formula is C23H24N8O2. The molecule has 0 spiro atoms. The number of hydrogen-bond acceptors (Lipinski definition) is 9. The summed E-state index contributed by atoms with van der Waals surface area (Å²) >= 11 is 0. The third-order valence-corrected chi connectivity index (χ3v) is 5.07. The average Bonchev–Trinajstić information content (AvgIpc) is 3.25. The predicted octanol–water partition coefficient (Wildman–Crippen LogP) is 2.59. The van der Waals surface area contributed by atoms with Gasteiger partial charge in [-0.25, -0.2) is 9.97 Å². The van der Waals surface area contributed by atoms with Crippen LogP contribution in [0.1, 0.15) is 17.5 Å². The summed E-state index contributed by atoms with van der Waals surface area (Å²) in [6, 6.07) is 12.9. The SMILES string of the molecule is CN/C(=C\C=N)Nc1nccc(-c2ccn3c(CC(O)c4ccc(OC)cc4)nnc3c2)n1. The number of nitrogens with one attached hydrogen (secondary N) is 3. The molecule has 10 nitrogen and oxygen atoms in total. The van der Waals surface area contributed by atoms with Crippen LogP contribution in [0.15, 0.2) is 66.8 Å². The molecule has 4 N–H and O–H groups in total. The number of anilines is 1. The van der Waals surface area contributed by atoms with Gasteiger partial charge < -0.3 is 25.9 Å². The number of aliphatic hydroxyl groups excluding tert-OH is 1. The van der Waals surface area contributed by atoms with E-state index in [4.69, 9.17) is 10.1 Å². The second kappa shape index (κ2) is 9.88. The second-order valence-corrected chi connectivity index (χ2v) is 7.14. The van der Waals surface area contributed by atoms with Gasteiger partial charge in [0.25, 0.3) is 0 Å². The molecule has 0 saturated heterocycles. The monoisotopic (exact) mass is 444 g/mol. The molecule has 0 aliphatic carbocycles. The minimum Gasteiger partial charge on any atom is -0.497 e. The zero-order valence-corrected chi connectivity index (χ0v) is 18.2. The molecule has 1 unspecified atom stereocenters. The Morgan fingerprint density at radius 1 is 1.21 bits per heavy atom. The molecule has 0 amide bonds. The maximum Gasteiger partial charge on any atom is 0.228 e. The van der Waals surface area contributed by atoms with E-state index in [9.17, 15) is 5.11 Å². The molecule has 0 bridgehead atoms. The lowest BCUT2D eigenvalue weighted by Gasteiger charge is -2.11. The first kappa shape index (κ1) is 21.9. The molecule has 0 aliphatic rings. The maximum absolute atomic E-state index is 10.6. The summed E-state index contributed by atoms with van der Waals surface area (Å²) in [6.45, 7) is 0. The van der Waals surface area contributed by atoms with Crippen LogP contribution in [0.25, 0.3) is 16.9 Å². The molecule has 0 radical (unpaired) electrons. The topological polar surface area (TPSA) is 133 Å². The van der Waals surface area contributed by atoms with Gasteiger partial charge in [-0.2, -0.15) is 0 Å². The van der Waals surface area contributed by atoms with Gasteiger partial charge in [0.15, 0.2) is 5.65 Å². The number of rotatable bonds is 9. The fourth-order valence-electron chi connectivity index (χ4n) is 3.33. The van der Waals surface area contributed by atoms with Crippen molar-refractivity contribution in [1.82, 2.24) is 29.9 Å². The Labute approximate surface area is 190 Å². The van der Waals surface area contributed by atoms with E-state index in [2.05, 4.69) is 30.8 Å². The Morgan fingerprint density at radius 2 is 2.03 bits per heavy atom. The van der Waals surface area contributed by atoms with E-state index >= 15 is 0 Å². The van der Waals surface area contributed by atoms with Gasteiger partial charge in [0.1, 0.15) is 17.4 Å². The van der Waals surface area contributed by atoms with Crippen molar-refractivity contribution >= 4 is 17.8 Å². The van der Waals surface area contributed by atoms with Gasteiger partial charge >= 0.3 is 0 Å². The zero-order valence-electron chi connectivity index (χ0n) is 18.2. The van der Waals surface area contributed by atoms with Crippen LogP contribution in [-0.2, 0) is 6.42 Å². The quantitative estimate of drug-likeness (QED) is 0.290. The number of allylic oxidation sites excluding steroid dienone is 1. The second-order valence-electron chi connectivity index (χ2n) is 7.14. The van der Waals surface area contributed by atoms with E-state index in [-0.39, 0.29) is 0 Å². The highest BCUT2D eigenvalue weighted by Crippen LogP contribution is 2.23. The molecule has 4 rings (SSSR count). The summed E-state index contributed by atoms with van der Waals surface area (Å²) in [7, 11) is 3.35. The Morgan fingerprint density at radius 3 is 2.76 bits per heavy atom. The number of fused-ring (bicyclic) bond motifs is 1. The molecule has 168 valence electrons. The summed E-state index contributed by atoms with van der Waals surface area (Å²) in [6.07, 6.45) is 5.87. The van der Waals surface area contributed by atoms with Gasteiger partial charge in [-0.15, -0.1) is 10.2 Å². The van der Waals surface area contributed by atoms with Gasteiger partial charge in [0, 0.05) is 37.6 Å². The number of hydrogen-bond donors (Lipinski definition) is 4. The van der Waals surface area contributed by atoms with E-state index in [0.717, 1.165) is 16.9 Å². The Balaban J connectivity index is 1.55. The van der Waals surface area contributed by atoms with E-state index in [1.807, 2.05) is 47.0 Å². The van der Waals surface area contributed by atoms with Gasteiger partial charge in [0.05, 0.1) is 18.9 Å². The van der Waals surface area contributed by atoms with Crippen molar-refractivity contribution in [3.8, 4) is 17.0 Å². The van der Waals surface area contributed by atoms with E-state index in [1.165, 1.54) is 6.21 Å². The normalized spacial score (nSPS) is 12.4. The maximum atomic E-state index is 10.6. The van der Waals surface area contributed by atoms with Crippen LogP contribution < -0.4 is 15.4 Å². The molecule has 33 heavy (non-hydrogen) atoms. The van der Waals surface area contributed by atoms with Gasteiger partial charge in [-0.1, -0.05) is 12.1 Å². The van der Waals surface area contributed by atoms with Crippen molar-refractivity contribution in [3.63, 3.8) is 0 Å². The molecule has 3 heterocycles. The molecule has 0 fully saturated rings. The minimum atomic E-state index is -0.714. The number of nitrogens with zero attached hydrogens (tertiary/aromatic N) is 5. The number of aliphatic hydroxyl groups is 1. The van der Waals surface area contributed by atoms with E-state index < -0.39 is 6.10 Å². The van der Waals surface area contributed by atoms with Gasteiger partial charge in [0.2, 0.25) is 5.95 Å². The molecular weight excluding hydrogens is 420 g/mol. The molecule has 10 heteroatoms. The first-order valence-corrected chi connectivity index (χ1v) is 10.3. The Hall–Kier alpha value is -4.31. The molecule has 1 atom stereocenters. The van der Waals surface area contributed by atoms with E-state index in [0.29, 0.717) is 35.4 Å². The molecule has 0 saturated carbocycles. The highest BCUT2D eigenvalue weighted by molar-refractivity contribution is 5.70. The fraction of sp³-hybridized carbons (Fsp3) is 0.174. The number of aromatic nitrogens is 5. The van der Waals surface area contributed by atoms with Crippen LogP contribution in [0, 0.1) is 5.41 Å². The number of ether oxygens (including phenoxy) is 1. The fourth-order valence-corrected chi connectivity index (χ4v) is 3.33. The van der Waals surface area contributed by atoms with Crippen LogP contribution in [0.5, 0.6) is 5.75 Å². The predicted molar refractivity (Wildman–Crippen MR) is 125 cm³/mol. The first-order chi connectivity index (χ1) is 16.1. The smallest absolute Gasteiger partial charge is 0.228 e. The summed E-state index contributed by atoms with van der Waals surface area (Å²) < 4.78 is 7.02. The van der Waals surface area contributed by atoms with Crippen LogP contribution in [0.4, 0.5) is 5.95 Å². The molecule has 1 aromatic carbocycles. The van der Waals surface area contributed by atoms with Crippen molar-refractivity contribution in [2.45, 2.75) is 12.5 Å². The largest absolute Gasteiger partial charge is 0.497 e. The van der Waals surface area contributed by atoms with E-state index in [1.54, 1.807) is 32.5 Å². The van der Waals surface area contributed by atoms with Crippen molar-refractivity contribution in [2.24, 2.45) is 0 Å². The Bertz CT molecular complexity index is 1280. The zero-order chi connectivity index (χ0) is 23.2. The van der Waals surface area contributed by atoms with Crippen LogP contribution in [0.3, 0.4) is 0 Å². The standard InChI is InChI=1S/C23H24N8O2/c1-25-20(7-10-24)28-23-26-11-8-18(27-23)16-9-12-31-21(13-16)29-30-22(31)14-19(32)15-3-5-17(33-2)6-4-15/h3-13,19,24-25,32H,14H2,1-2H3,(H,26,27,28)/b20-7+,24-10?. The summed E-state index contributed by atoms with van der Waals surface area (Å²) in [5.74, 6) is 2.40. The van der Waals surface area contributed by atoms with Gasteiger partial charge in [-0.3, -0.25) is 4.40 Å². The molecule has 3 aromatic heterocycles. The lowest BCUT2D eigenvalue weighted by molar-refractivity contribution is 0.175. The van der Waals surface area contributed by atoms with Crippen molar-refractivity contribution in [3.05, 3.63) is 78.1 Å². The van der Waals surface area contributed by atoms with Crippen molar-refractivity contribution in [2.75, 3.05) is 19.5 Å². The third kappa shape index (κ3) is 4.96. The average molecular weight is 444 g/mol. The summed E-state index contributed by atoms with van der Waals surface area (Å²) in [5, 5.41) is 32.4.